The molecule has 0 atom stereocenters. The zero-order valence-electron chi connectivity index (χ0n) is 5.69. The standard InChI is InChI=1S/C5H10.Al.Na.H2O.H/c1-3-5-4-2;;;;/h1-5H2;;;1H2;/q;;+1;;/p-1. The van der Waals surface area contributed by atoms with Gasteiger partial charge in [-0.1, -0.05) is 29.8 Å². The minimum absolute atomic E-state index is 0. The maximum absolute atomic E-state index is 1.64. The molecule has 42 valence electrons. The zero-order chi connectivity index (χ0) is 4.24. The Hall–Kier alpha value is 1.49. The number of hydrogen-bond acceptors (Lipinski definition) is 1. The van der Waals surface area contributed by atoms with Crippen LogP contribution in [-0.4, -0.2) is 20.7 Å². The molecule has 0 radical (unpaired) electrons. The maximum atomic E-state index is 1.64. The molecular formula is C5H12AlNaO. The topological polar surface area (TPSA) is 30.0 Å². The van der Waals surface area contributed by atoms with Crippen LogP contribution in [0.2, 0.25) is 10.6 Å². The van der Waals surface area contributed by atoms with Crippen LogP contribution < -0.4 is 29.6 Å². The Balaban J connectivity index is 0. The molecule has 1 fully saturated rings. The summed E-state index contributed by atoms with van der Waals surface area (Å²) in [6, 6.07) is 0. The van der Waals surface area contributed by atoms with Crippen LogP contribution in [0.3, 0.4) is 0 Å². The van der Waals surface area contributed by atoms with Crippen molar-refractivity contribution in [3.8, 4) is 0 Å². The van der Waals surface area contributed by atoms with Gasteiger partial charge in [-0.25, -0.2) is 0 Å². The van der Waals surface area contributed by atoms with Crippen LogP contribution in [0.4, 0.5) is 0 Å². The van der Waals surface area contributed by atoms with Crippen LogP contribution in [-0.2, 0) is 0 Å². The van der Waals surface area contributed by atoms with Crippen molar-refractivity contribution in [2.45, 2.75) is 29.8 Å². The molecule has 0 aliphatic carbocycles. The second-order valence-electron chi connectivity index (χ2n) is 2.12. The van der Waals surface area contributed by atoms with Crippen LogP contribution in [0.25, 0.3) is 0 Å². The molecule has 0 aromatic heterocycles. The van der Waals surface area contributed by atoms with Gasteiger partial charge in [0.1, 0.15) is 0 Å². The molecule has 0 saturated carbocycles. The fourth-order valence-corrected chi connectivity index (χ4v) is 2.83. The molecule has 1 heterocycles. The van der Waals surface area contributed by atoms with Gasteiger partial charge in [0.2, 0.25) is 15.2 Å². The predicted molar refractivity (Wildman–Crippen MR) is 32.5 cm³/mol. The SMILES string of the molecule is C1C[CH2][AlH][CH2]C1.[Na+].[OH-]. The van der Waals surface area contributed by atoms with Gasteiger partial charge in [-0.15, -0.1) is 0 Å². The monoisotopic (exact) mass is 138 g/mol. The van der Waals surface area contributed by atoms with E-state index < -0.39 is 0 Å². The van der Waals surface area contributed by atoms with Crippen molar-refractivity contribution in [1.82, 2.24) is 0 Å². The normalized spacial score (nSPS) is 17.0. The molecule has 8 heavy (non-hydrogen) atoms. The summed E-state index contributed by atoms with van der Waals surface area (Å²) in [7, 11) is 0. The summed E-state index contributed by atoms with van der Waals surface area (Å²) in [5.41, 5.74) is 0. The van der Waals surface area contributed by atoms with Gasteiger partial charge in [-0.3, -0.25) is 0 Å². The zero-order valence-corrected chi connectivity index (χ0v) is 9.10. The molecule has 0 aromatic rings. The summed E-state index contributed by atoms with van der Waals surface area (Å²) < 4.78 is 0. The number of hydrogen-bond donors (Lipinski definition) is 0. The summed E-state index contributed by atoms with van der Waals surface area (Å²) in [4.78, 5) is 0. The van der Waals surface area contributed by atoms with Gasteiger partial charge in [-0.2, -0.15) is 0 Å². The Bertz CT molecular complexity index is 27.9. The van der Waals surface area contributed by atoms with E-state index in [4.69, 9.17) is 0 Å². The Morgan fingerprint density at radius 2 is 1.38 bits per heavy atom. The Morgan fingerprint density at radius 1 is 0.875 bits per heavy atom. The van der Waals surface area contributed by atoms with Crippen molar-refractivity contribution in [3.05, 3.63) is 0 Å². The predicted octanol–water partition coefficient (Wildman–Crippen LogP) is -1.73. The molecule has 1 nitrogen and oxygen atoms in total. The number of rotatable bonds is 0. The minimum Gasteiger partial charge on any atom is -0.870 e. The minimum atomic E-state index is 0. The summed E-state index contributed by atoms with van der Waals surface area (Å²) >= 11 is 0.508. The molecule has 0 amide bonds. The van der Waals surface area contributed by atoms with E-state index in [-0.39, 0.29) is 35.0 Å². The van der Waals surface area contributed by atoms with Crippen LogP contribution in [0.1, 0.15) is 19.3 Å². The van der Waals surface area contributed by atoms with Crippen molar-refractivity contribution in [3.63, 3.8) is 0 Å². The van der Waals surface area contributed by atoms with E-state index in [1.54, 1.807) is 23.4 Å². The van der Waals surface area contributed by atoms with Crippen LogP contribution in [0.5, 0.6) is 0 Å². The third-order valence-electron chi connectivity index (χ3n) is 1.50. The van der Waals surface area contributed by atoms with Crippen molar-refractivity contribution >= 4 is 15.2 Å². The second kappa shape index (κ2) is 8.49. The molecule has 1 saturated heterocycles. The first-order valence-corrected chi connectivity index (χ1v) is 5.00. The first-order chi connectivity index (χ1) is 3.00. The van der Waals surface area contributed by atoms with E-state index in [1.165, 1.54) is 6.42 Å². The van der Waals surface area contributed by atoms with Crippen LogP contribution in [0.15, 0.2) is 0 Å². The third kappa shape index (κ3) is 5.63. The second-order valence-corrected chi connectivity index (χ2v) is 4.24. The average molecular weight is 138 g/mol. The molecule has 1 aliphatic heterocycles. The summed E-state index contributed by atoms with van der Waals surface area (Å²) in [5, 5.41) is 3.28. The van der Waals surface area contributed by atoms with Crippen LogP contribution >= 0.6 is 0 Å². The molecule has 3 heteroatoms. The molecule has 1 N–H and O–H groups in total. The largest absolute Gasteiger partial charge is 1.00 e. The molecular weight excluding hydrogens is 126 g/mol. The Kier molecular flexibility index (Phi) is 12.9. The van der Waals surface area contributed by atoms with Gasteiger partial charge in [0.05, 0.1) is 0 Å². The summed E-state index contributed by atoms with van der Waals surface area (Å²) in [6.07, 6.45) is 4.66. The van der Waals surface area contributed by atoms with E-state index in [0.29, 0.717) is 15.2 Å². The molecule has 0 aromatic carbocycles. The van der Waals surface area contributed by atoms with E-state index in [0.717, 1.165) is 0 Å². The molecule has 1 aliphatic rings. The van der Waals surface area contributed by atoms with Crippen molar-refractivity contribution < 1.29 is 35.0 Å². The third-order valence-corrected chi connectivity index (χ3v) is 3.50. The van der Waals surface area contributed by atoms with Gasteiger partial charge >= 0.3 is 29.6 Å². The molecule has 0 unspecified atom stereocenters. The van der Waals surface area contributed by atoms with E-state index in [1.807, 2.05) is 0 Å². The molecule has 0 spiro atoms. The van der Waals surface area contributed by atoms with Crippen molar-refractivity contribution in [1.29, 1.82) is 0 Å². The molecule has 0 bridgehead atoms. The van der Waals surface area contributed by atoms with Gasteiger partial charge in [-0.05, 0) is 0 Å². The smallest absolute Gasteiger partial charge is 0.870 e. The van der Waals surface area contributed by atoms with Crippen molar-refractivity contribution in [2.75, 3.05) is 0 Å². The summed E-state index contributed by atoms with van der Waals surface area (Å²) in [5.74, 6) is 0. The Labute approximate surface area is 79.5 Å². The van der Waals surface area contributed by atoms with Gasteiger partial charge in [0, 0.05) is 0 Å². The van der Waals surface area contributed by atoms with Crippen LogP contribution in [0, 0.1) is 0 Å². The van der Waals surface area contributed by atoms with E-state index in [9.17, 15) is 0 Å². The van der Waals surface area contributed by atoms with Gasteiger partial charge < -0.3 is 5.48 Å². The fourth-order valence-electron chi connectivity index (χ4n) is 1.06. The quantitative estimate of drug-likeness (QED) is 0.366. The van der Waals surface area contributed by atoms with Crippen molar-refractivity contribution in [2.24, 2.45) is 0 Å². The first-order valence-electron chi connectivity index (χ1n) is 3.00. The van der Waals surface area contributed by atoms with E-state index in [2.05, 4.69) is 0 Å². The first kappa shape index (κ1) is 12.2. The maximum Gasteiger partial charge on any atom is 1.00 e. The Morgan fingerprint density at radius 3 is 1.50 bits per heavy atom. The van der Waals surface area contributed by atoms with Gasteiger partial charge in [0.25, 0.3) is 0 Å². The average Bonchev–Trinajstić information content (AvgIpc) is 1.72. The van der Waals surface area contributed by atoms with E-state index >= 15 is 0 Å². The molecule has 1 rings (SSSR count). The summed E-state index contributed by atoms with van der Waals surface area (Å²) in [6.45, 7) is 0. The fraction of sp³-hybridized carbons (Fsp3) is 1.00. The van der Waals surface area contributed by atoms with Gasteiger partial charge in [0.15, 0.2) is 0 Å².